The van der Waals surface area contributed by atoms with Crippen LogP contribution in [0.2, 0.25) is 0 Å². The van der Waals surface area contributed by atoms with E-state index in [1.54, 1.807) is 0 Å². The molecule has 1 heterocycles. The van der Waals surface area contributed by atoms with Crippen LogP contribution in [0.15, 0.2) is 23.8 Å². The predicted octanol–water partition coefficient (Wildman–Crippen LogP) is 1.74. The van der Waals surface area contributed by atoms with Crippen LogP contribution < -0.4 is 0 Å². The van der Waals surface area contributed by atoms with Gasteiger partial charge in [-0.25, -0.2) is 0 Å². The zero-order chi connectivity index (χ0) is 9.64. The van der Waals surface area contributed by atoms with Gasteiger partial charge >= 0.3 is 0 Å². The van der Waals surface area contributed by atoms with E-state index in [0.717, 1.165) is 6.42 Å². The second-order valence-electron chi connectivity index (χ2n) is 4.09. The molecule has 1 fully saturated rings. The topological polar surface area (TPSA) is 20.3 Å². The van der Waals surface area contributed by atoms with Crippen LogP contribution in [0.5, 0.6) is 0 Å². The van der Waals surface area contributed by atoms with Crippen molar-refractivity contribution < 1.29 is 4.79 Å². The molecule has 2 atom stereocenters. The number of carbonyl (C=O) groups excluding carboxylic acids is 1. The van der Waals surface area contributed by atoms with Gasteiger partial charge in [-0.3, -0.25) is 4.79 Å². The van der Waals surface area contributed by atoms with E-state index in [0.29, 0.717) is 0 Å². The highest BCUT2D eigenvalue weighted by molar-refractivity contribution is 5.92. The van der Waals surface area contributed by atoms with Gasteiger partial charge in [0.15, 0.2) is 0 Å². The zero-order valence-electron chi connectivity index (χ0n) is 8.37. The summed E-state index contributed by atoms with van der Waals surface area (Å²) >= 11 is 0. The van der Waals surface area contributed by atoms with Crippen molar-refractivity contribution in [2.75, 3.05) is 7.05 Å². The molecule has 1 unspecified atom stereocenters. The fourth-order valence-electron chi connectivity index (χ4n) is 2.36. The molecule has 13 heavy (non-hydrogen) atoms. The maximum Gasteiger partial charge on any atom is 0.236 e. The van der Waals surface area contributed by atoms with Gasteiger partial charge in [-0.1, -0.05) is 18.2 Å². The van der Waals surface area contributed by atoms with E-state index >= 15 is 0 Å². The summed E-state index contributed by atoms with van der Waals surface area (Å²) < 4.78 is 0. The number of likely N-dealkylation sites (N-methyl/N-ethyl adjacent to an activating group) is 1. The molecule has 0 radical (unpaired) electrons. The van der Waals surface area contributed by atoms with Crippen LogP contribution in [-0.4, -0.2) is 23.9 Å². The van der Waals surface area contributed by atoms with Gasteiger partial charge in [0, 0.05) is 7.05 Å². The molecule has 0 aromatic carbocycles. The first kappa shape index (κ1) is 8.54. The SMILES string of the molecule is C[C@@H]1C2=CCC=CC2(C)C(=O)N1C. The highest BCUT2D eigenvalue weighted by Crippen LogP contribution is 2.43. The summed E-state index contributed by atoms with van der Waals surface area (Å²) in [6.45, 7) is 4.10. The summed E-state index contributed by atoms with van der Waals surface area (Å²) in [5, 5.41) is 0. The molecule has 1 saturated heterocycles. The van der Waals surface area contributed by atoms with E-state index in [-0.39, 0.29) is 17.4 Å². The summed E-state index contributed by atoms with van der Waals surface area (Å²) in [5.74, 6) is 0.224. The Balaban J connectivity index is 2.51. The van der Waals surface area contributed by atoms with Crippen LogP contribution in [0, 0.1) is 5.41 Å². The molecule has 0 aromatic heterocycles. The van der Waals surface area contributed by atoms with E-state index in [4.69, 9.17) is 0 Å². The van der Waals surface area contributed by atoms with Crippen LogP contribution in [0.4, 0.5) is 0 Å². The molecular formula is C11H15NO. The number of hydrogen-bond acceptors (Lipinski definition) is 1. The van der Waals surface area contributed by atoms with Gasteiger partial charge in [0.25, 0.3) is 0 Å². The van der Waals surface area contributed by atoms with Gasteiger partial charge in [-0.05, 0) is 25.8 Å². The van der Waals surface area contributed by atoms with E-state index in [1.807, 2.05) is 24.9 Å². The Morgan fingerprint density at radius 2 is 2.31 bits per heavy atom. The number of rotatable bonds is 0. The Kier molecular flexibility index (Phi) is 1.62. The zero-order valence-corrected chi connectivity index (χ0v) is 8.37. The Morgan fingerprint density at radius 3 is 2.92 bits per heavy atom. The third-order valence-electron chi connectivity index (χ3n) is 3.32. The average molecular weight is 177 g/mol. The van der Waals surface area contributed by atoms with Crippen LogP contribution >= 0.6 is 0 Å². The minimum absolute atomic E-state index is 0.224. The van der Waals surface area contributed by atoms with Gasteiger partial charge in [-0.2, -0.15) is 0 Å². The molecule has 0 bridgehead atoms. The van der Waals surface area contributed by atoms with Crippen LogP contribution in [0.1, 0.15) is 20.3 Å². The number of nitrogens with zero attached hydrogens (tertiary/aromatic N) is 1. The summed E-state index contributed by atoms with van der Waals surface area (Å²) in [6, 6.07) is 0.266. The van der Waals surface area contributed by atoms with Crippen molar-refractivity contribution in [3.05, 3.63) is 23.8 Å². The first-order valence-electron chi connectivity index (χ1n) is 4.73. The second-order valence-corrected chi connectivity index (χ2v) is 4.09. The monoisotopic (exact) mass is 177 g/mol. The summed E-state index contributed by atoms with van der Waals surface area (Å²) in [6.07, 6.45) is 7.28. The number of allylic oxidation sites excluding steroid dienone is 2. The molecule has 2 aliphatic rings. The highest BCUT2D eigenvalue weighted by atomic mass is 16.2. The molecule has 2 nitrogen and oxygen atoms in total. The summed E-state index contributed by atoms with van der Waals surface area (Å²) in [7, 11) is 1.88. The average Bonchev–Trinajstić information content (AvgIpc) is 2.29. The van der Waals surface area contributed by atoms with Gasteiger partial charge in [0.2, 0.25) is 5.91 Å². The third kappa shape index (κ3) is 0.916. The smallest absolute Gasteiger partial charge is 0.236 e. The van der Waals surface area contributed by atoms with Crippen molar-refractivity contribution in [3.8, 4) is 0 Å². The minimum atomic E-state index is -0.341. The standard InChI is InChI=1S/C11H15NO/c1-8-9-6-4-5-7-11(9,2)10(13)12(8)3/h5-8H,4H2,1-3H3/t8-,11?/m1/s1. The number of fused-ring (bicyclic) bond motifs is 1. The number of amides is 1. The normalized spacial score (nSPS) is 37.8. The molecule has 70 valence electrons. The Morgan fingerprint density at radius 1 is 1.62 bits per heavy atom. The molecule has 2 rings (SSSR count). The summed E-state index contributed by atoms with van der Waals surface area (Å²) in [5.41, 5.74) is 0.925. The van der Waals surface area contributed by atoms with Crippen molar-refractivity contribution in [1.82, 2.24) is 4.90 Å². The molecule has 1 aliphatic carbocycles. The van der Waals surface area contributed by atoms with Crippen molar-refractivity contribution in [2.45, 2.75) is 26.3 Å². The van der Waals surface area contributed by atoms with Crippen LogP contribution in [0.3, 0.4) is 0 Å². The lowest BCUT2D eigenvalue weighted by molar-refractivity contribution is -0.132. The minimum Gasteiger partial charge on any atom is -0.338 e. The predicted molar refractivity (Wildman–Crippen MR) is 52.2 cm³/mol. The van der Waals surface area contributed by atoms with Gasteiger partial charge in [0.1, 0.15) is 0 Å². The Hall–Kier alpha value is -1.05. The van der Waals surface area contributed by atoms with E-state index in [2.05, 4.69) is 19.1 Å². The molecule has 0 aromatic rings. The van der Waals surface area contributed by atoms with E-state index < -0.39 is 0 Å². The fourth-order valence-corrected chi connectivity index (χ4v) is 2.36. The molecular weight excluding hydrogens is 162 g/mol. The second kappa shape index (κ2) is 2.47. The first-order valence-corrected chi connectivity index (χ1v) is 4.73. The lowest BCUT2D eigenvalue weighted by Crippen LogP contribution is -2.30. The maximum atomic E-state index is 11.9. The lowest BCUT2D eigenvalue weighted by Gasteiger charge is -2.22. The first-order chi connectivity index (χ1) is 6.07. The van der Waals surface area contributed by atoms with Gasteiger partial charge in [-0.15, -0.1) is 0 Å². The van der Waals surface area contributed by atoms with Crippen molar-refractivity contribution >= 4 is 5.91 Å². The molecule has 1 aliphatic heterocycles. The van der Waals surface area contributed by atoms with Crippen LogP contribution in [0.25, 0.3) is 0 Å². The van der Waals surface area contributed by atoms with Crippen molar-refractivity contribution in [1.29, 1.82) is 0 Å². The Bertz CT molecular complexity index is 316. The molecule has 0 spiro atoms. The maximum absolute atomic E-state index is 11.9. The van der Waals surface area contributed by atoms with E-state index in [9.17, 15) is 4.79 Å². The fraction of sp³-hybridized carbons (Fsp3) is 0.545. The quantitative estimate of drug-likeness (QED) is 0.516. The van der Waals surface area contributed by atoms with Crippen molar-refractivity contribution in [3.63, 3.8) is 0 Å². The highest BCUT2D eigenvalue weighted by Gasteiger charge is 2.47. The molecule has 0 saturated carbocycles. The Labute approximate surface area is 78.9 Å². The number of hydrogen-bond donors (Lipinski definition) is 0. The molecule has 1 amide bonds. The van der Waals surface area contributed by atoms with Crippen LogP contribution in [-0.2, 0) is 4.79 Å². The van der Waals surface area contributed by atoms with Crippen molar-refractivity contribution in [2.24, 2.45) is 5.41 Å². The third-order valence-corrected chi connectivity index (χ3v) is 3.32. The van der Waals surface area contributed by atoms with E-state index in [1.165, 1.54) is 5.57 Å². The summed E-state index contributed by atoms with van der Waals surface area (Å²) in [4.78, 5) is 13.7. The molecule has 2 heteroatoms. The largest absolute Gasteiger partial charge is 0.338 e. The molecule has 0 N–H and O–H groups in total. The number of carbonyl (C=O) groups is 1. The number of likely N-dealkylation sites (tertiary alicyclic amines) is 1. The van der Waals surface area contributed by atoms with Gasteiger partial charge < -0.3 is 4.90 Å². The van der Waals surface area contributed by atoms with Gasteiger partial charge in [0.05, 0.1) is 11.5 Å². The lowest BCUT2D eigenvalue weighted by atomic mass is 9.79.